The van der Waals surface area contributed by atoms with Crippen LogP contribution in [0.2, 0.25) is 0 Å². The lowest BCUT2D eigenvalue weighted by Gasteiger charge is -2.08. The predicted molar refractivity (Wildman–Crippen MR) is 89.5 cm³/mol. The van der Waals surface area contributed by atoms with Crippen LogP contribution in [-0.4, -0.2) is 20.7 Å². The van der Waals surface area contributed by atoms with Crippen LogP contribution in [-0.2, 0) is 17.0 Å². The third-order valence-electron chi connectivity index (χ3n) is 3.50. The Balaban J connectivity index is 1.71. The number of thioether (sulfide) groups is 1. The third kappa shape index (κ3) is 3.89. The zero-order valence-electron chi connectivity index (χ0n) is 12.0. The van der Waals surface area contributed by atoms with Crippen LogP contribution in [0.1, 0.15) is 36.7 Å². The van der Waals surface area contributed by atoms with Gasteiger partial charge in [0, 0.05) is 29.1 Å². The Bertz CT molecular complexity index is 684. The summed E-state index contributed by atoms with van der Waals surface area (Å²) in [6.45, 7) is 0. The van der Waals surface area contributed by atoms with Crippen LogP contribution in [0.25, 0.3) is 0 Å². The van der Waals surface area contributed by atoms with Crippen molar-refractivity contribution in [3.05, 3.63) is 40.1 Å². The van der Waals surface area contributed by atoms with E-state index in [-0.39, 0.29) is 5.91 Å². The number of aromatic nitrogens is 3. The summed E-state index contributed by atoms with van der Waals surface area (Å²) in [5.41, 5.74) is 6.47. The number of nitrogens with two attached hydrogens (primary N) is 1. The van der Waals surface area contributed by atoms with Crippen molar-refractivity contribution in [1.29, 1.82) is 0 Å². The molecule has 1 aliphatic rings. The van der Waals surface area contributed by atoms with Crippen molar-refractivity contribution in [2.75, 3.05) is 0 Å². The molecule has 0 radical (unpaired) electrons. The molecule has 1 amide bonds. The highest BCUT2D eigenvalue weighted by Gasteiger charge is 2.29. The molecule has 1 heterocycles. The fraction of sp³-hybridized carbons (Fsp3) is 0.400. The zero-order chi connectivity index (χ0) is 15.5. The standard InChI is InChI=1S/C15H17BrN4OS/c16-11-3-1-2-10(8-11)9-22-15-19-18-14(7-6-13(17)21)20(15)12-4-5-12/h1-3,8,12H,4-7,9H2,(H2,17,21). The largest absolute Gasteiger partial charge is 0.370 e. The minimum Gasteiger partial charge on any atom is -0.370 e. The summed E-state index contributed by atoms with van der Waals surface area (Å²) >= 11 is 5.17. The first-order valence-electron chi connectivity index (χ1n) is 7.23. The number of carbonyl (C=O) groups excluding carboxylic acids is 1. The Morgan fingerprint density at radius 2 is 2.23 bits per heavy atom. The average molecular weight is 381 g/mol. The van der Waals surface area contributed by atoms with Crippen molar-refractivity contribution in [1.82, 2.24) is 14.8 Å². The first-order valence-corrected chi connectivity index (χ1v) is 9.00. The minimum absolute atomic E-state index is 0.298. The van der Waals surface area contributed by atoms with Crippen molar-refractivity contribution in [3.8, 4) is 0 Å². The van der Waals surface area contributed by atoms with Gasteiger partial charge < -0.3 is 10.3 Å². The summed E-state index contributed by atoms with van der Waals surface area (Å²) in [5, 5.41) is 9.49. The summed E-state index contributed by atoms with van der Waals surface area (Å²) < 4.78 is 3.27. The SMILES string of the molecule is NC(=O)CCc1nnc(SCc2cccc(Br)c2)n1C1CC1. The summed E-state index contributed by atoms with van der Waals surface area (Å²) in [4.78, 5) is 11.0. The van der Waals surface area contributed by atoms with Gasteiger partial charge >= 0.3 is 0 Å². The van der Waals surface area contributed by atoms with Crippen LogP contribution in [0, 0.1) is 0 Å². The van der Waals surface area contributed by atoms with Crippen LogP contribution in [0.5, 0.6) is 0 Å². The van der Waals surface area contributed by atoms with E-state index < -0.39 is 0 Å². The summed E-state index contributed by atoms with van der Waals surface area (Å²) in [5.74, 6) is 1.42. The molecular weight excluding hydrogens is 364 g/mol. The Morgan fingerprint density at radius 3 is 2.91 bits per heavy atom. The lowest BCUT2D eigenvalue weighted by atomic mass is 10.2. The van der Waals surface area contributed by atoms with Gasteiger partial charge in [0.2, 0.25) is 5.91 Å². The van der Waals surface area contributed by atoms with E-state index in [9.17, 15) is 4.79 Å². The fourth-order valence-electron chi connectivity index (χ4n) is 2.29. The van der Waals surface area contributed by atoms with E-state index >= 15 is 0 Å². The fourth-order valence-corrected chi connectivity index (χ4v) is 3.70. The molecular formula is C15H17BrN4OS. The van der Waals surface area contributed by atoms with Gasteiger partial charge in [0.1, 0.15) is 5.82 Å². The molecule has 1 saturated carbocycles. The van der Waals surface area contributed by atoms with Crippen LogP contribution >= 0.6 is 27.7 Å². The molecule has 1 fully saturated rings. The first-order chi connectivity index (χ1) is 10.6. The summed E-state index contributed by atoms with van der Waals surface area (Å²) in [7, 11) is 0. The van der Waals surface area contributed by atoms with Crippen LogP contribution in [0.15, 0.2) is 33.9 Å². The van der Waals surface area contributed by atoms with Crippen molar-refractivity contribution in [2.24, 2.45) is 5.73 Å². The molecule has 1 aliphatic carbocycles. The predicted octanol–water partition coefficient (Wildman–Crippen LogP) is 3.09. The van der Waals surface area contributed by atoms with E-state index in [1.54, 1.807) is 11.8 Å². The van der Waals surface area contributed by atoms with E-state index in [0.717, 1.165) is 34.0 Å². The van der Waals surface area contributed by atoms with Gasteiger partial charge in [-0.05, 0) is 30.5 Å². The molecule has 5 nitrogen and oxygen atoms in total. The lowest BCUT2D eigenvalue weighted by molar-refractivity contribution is -0.118. The van der Waals surface area contributed by atoms with E-state index in [2.05, 4.69) is 42.8 Å². The van der Waals surface area contributed by atoms with Crippen molar-refractivity contribution in [3.63, 3.8) is 0 Å². The highest BCUT2D eigenvalue weighted by molar-refractivity contribution is 9.10. The van der Waals surface area contributed by atoms with Gasteiger partial charge in [0.05, 0.1) is 0 Å². The number of rotatable bonds is 7. The smallest absolute Gasteiger partial charge is 0.217 e. The number of halogens is 1. The number of aryl methyl sites for hydroxylation is 1. The van der Waals surface area contributed by atoms with Crippen LogP contribution < -0.4 is 5.73 Å². The summed E-state index contributed by atoms with van der Waals surface area (Å²) in [6, 6.07) is 8.75. The van der Waals surface area contributed by atoms with Crippen molar-refractivity contribution >= 4 is 33.6 Å². The maximum Gasteiger partial charge on any atom is 0.217 e. The number of primary amides is 1. The molecule has 0 aliphatic heterocycles. The van der Waals surface area contributed by atoms with Crippen molar-refractivity contribution < 1.29 is 4.79 Å². The number of carbonyl (C=O) groups is 1. The van der Waals surface area contributed by atoms with E-state index in [1.807, 2.05) is 12.1 Å². The highest BCUT2D eigenvalue weighted by atomic mass is 79.9. The number of nitrogens with zero attached hydrogens (tertiary/aromatic N) is 3. The molecule has 116 valence electrons. The molecule has 7 heteroatoms. The van der Waals surface area contributed by atoms with Gasteiger partial charge in [-0.25, -0.2) is 0 Å². The topological polar surface area (TPSA) is 73.8 Å². The van der Waals surface area contributed by atoms with E-state index in [0.29, 0.717) is 18.9 Å². The third-order valence-corrected chi connectivity index (χ3v) is 5.01. The molecule has 1 aromatic heterocycles. The Hall–Kier alpha value is -1.34. The molecule has 1 aromatic carbocycles. The Morgan fingerprint density at radius 1 is 1.41 bits per heavy atom. The average Bonchev–Trinajstić information content (AvgIpc) is 3.24. The molecule has 3 rings (SSSR count). The van der Waals surface area contributed by atoms with Gasteiger partial charge in [-0.2, -0.15) is 0 Å². The number of benzene rings is 1. The maximum absolute atomic E-state index is 11.0. The monoisotopic (exact) mass is 380 g/mol. The van der Waals surface area contributed by atoms with Gasteiger partial charge in [-0.3, -0.25) is 4.79 Å². The molecule has 22 heavy (non-hydrogen) atoms. The Kier molecular flexibility index (Phi) is 4.83. The molecule has 0 spiro atoms. The summed E-state index contributed by atoms with van der Waals surface area (Å²) in [6.07, 6.45) is 3.20. The van der Waals surface area contributed by atoms with Gasteiger partial charge in [0.15, 0.2) is 5.16 Å². The first kappa shape index (κ1) is 15.6. The molecule has 0 saturated heterocycles. The minimum atomic E-state index is -0.298. The maximum atomic E-state index is 11.0. The number of hydrogen-bond acceptors (Lipinski definition) is 4. The quantitative estimate of drug-likeness (QED) is 0.748. The molecule has 0 atom stereocenters. The molecule has 2 N–H and O–H groups in total. The normalized spacial score (nSPS) is 14.2. The number of amides is 1. The van der Waals surface area contributed by atoms with E-state index in [1.165, 1.54) is 5.56 Å². The second kappa shape index (κ2) is 6.83. The highest BCUT2D eigenvalue weighted by Crippen LogP contribution is 2.39. The van der Waals surface area contributed by atoms with Crippen LogP contribution in [0.3, 0.4) is 0 Å². The Labute approximate surface area is 141 Å². The zero-order valence-corrected chi connectivity index (χ0v) is 14.4. The second-order valence-corrected chi connectivity index (χ2v) is 7.24. The van der Waals surface area contributed by atoms with Gasteiger partial charge in [0.25, 0.3) is 0 Å². The van der Waals surface area contributed by atoms with Gasteiger partial charge in [-0.1, -0.05) is 39.8 Å². The molecule has 2 aromatic rings. The number of hydrogen-bond donors (Lipinski definition) is 1. The van der Waals surface area contributed by atoms with Crippen LogP contribution in [0.4, 0.5) is 0 Å². The van der Waals surface area contributed by atoms with E-state index in [4.69, 9.17) is 5.73 Å². The molecule has 0 unspecified atom stereocenters. The van der Waals surface area contributed by atoms with Gasteiger partial charge in [-0.15, -0.1) is 10.2 Å². The lowest BCUT2D eigenvalue weighted by Crippen LogP contribution is -2.13. The second-order valence-electron chi connectivity index (χ2n) is 5.38. The van der Waals surface area contributed by atoms with Crippen molar-refractivity contribution in [2.45, 2.75) is 42.6 Å². The molecule has 0 bridgehead atoms.